The van der Waals surface area contributed by atoms with Gasteiger partial charge >= 0.3 is 0 Å². The predicted molar refractivity (Wildman–Crippen MR) is 82.8 cm³/mol. The molecule has 0 aliphatic carbocycles. The molecule has 0 amide bonds. The molecule has 20 heavy (non-hydrogen) atoms. The van der Waals surface area contributed by atoms with E-state index < -0.39 is 10.0 Å². The molecule has 1 aromatic carbocycles. The SMILES string of the molecule is C#CCCN(CC=C(C)C)S(=O)(=O)c1ccc(C)cc1. The summed E-state index contributed by atoms with van der Waals surface area (Å²) in [5.74, 6) is 2.49. The van der Waals surface area contributed by atoms with Crippen LogP contribution in [0.2, 0.25) is 0 Å². The minimum absolute atomic E-state index is 0.308. The van der Waals surface area contributed by atoms with Crippen molar-refractivity contribution in [3.05, 3.63) is 41.5 Å². The van der Waals surface area contributed by atoms with Crippen molar-refractivity contribution in [3.8, 4) is 12.3 Å². The molecular weight excluding hydrogens is 270 g/mol. The Kier molecular flexibility index (Phi) is 6.00. The first-order valence-electron chi connectivity index (χ1n) is 6.51. The number of hydrogen-bond donors (Lipinski definition) is 0. The lowest BCUT2D eigenvalue weighted by atomic mass is 10.2. The van der Waals surface area contributed by atoms with Gasteiger partial charge in [-0.1, -0.05) is 29.3 Å². The lowest BCUT2D eigenvalue weighted by Crippen LogP contribution is -2.32. The van der Waals surface area contributed by atoms with Crippen LogP contribution in [0.25, 0.3) is 0 Å². The Hall–Kier alpha value is -1.57. The lowest BCUT2D eigenvalue weighted by Gasteiger charge is -2.20. The van der Waals surface area contributed by atoms with Crippen LogP contribution >= 0.6 is 0 Å². The van der Waals surface area contributed by atoms with E-state index in [0.717, 1.165) is 11.1 Å². The number of nitrogens with zero attached hydrogens (tertiary/aromatic N) is 1. The highest BCUT2D eigenvalue weighted by Gasteiger charge is 2.22. The Morgan fingerprint density at radius 1 is 1.30 bits per heavy atom. The molecule has 3 nitrogen and oxygen atoms in total. The second-order valence-electron chi connectivity index (χ2n) is 4.91. The van der Waals surface area contributed by atoms with Gasteiger partial charge in [0.1, 0.15) is 0 Å². The maximum absolute atomic E-state index is 12.6. The molecule has 1 aromatic rings. The Labute approximate surface area is 122 Å². The number of benzene rings is 1. The molecule has 0 N–H and O–H groups in total. The average molecular weight is 291 g/mol. The first-order chi connectivity index (χ1) is 9.37. The third-order valence-electron chi connectivity index (χ3n) is 2.87. The van der Waals surface area contributed by atoms with Gasteiger partial charge in [-0.05, 0) is 32.9 Å². The van der Waals surface area contributed by atoms with E-state index in [1.807, 2.05) is 26.8 Å². The second kappa shape index (κ2) is 7.28. The molecule has 0 saturated heterocycles. The molecule has 0 heterocycles. The summed E-state index contributed by atoms with van der Waals surface area (Å²) in [4.78, 5) is 0.308. The van der Waals surface area contributed by atoms with Gasteiger partial charge in [0.2, 0.25) is 10.0 Å². The number of sulfonamides is 1. The van der Waals surface area contributed by atoms with Crippen molar-refractivity contribution in [2.45, 2.75) is 32.1 Å². The molecule has 0 spiro atoms. The van der Waals surface area contributed by atoms with Gasteiger partial charge in [-0.2, -0.15) is 4.31 Å². The van der Waals surface area contributed by atoms with Crippen LogP contribution < -0.4 is 0 Å². The minimum Gasteiger partial charge on any atom is -0.207 e. The molecule has 0 aliphatic rings. The molecular formula is C16H21NO2S. The zero-order valence-electron chi connectivity index (χ0n) is 12.3. The summed E-state index contributed by atoms with van der Waals surface area (Å²) in [5, 5.41) is 0. The summed E-state index contributed by atoms with van der Waals surface area (Å²) in [6.07, 6.45) is 7.54. The molecule has 0 fully saturated rings. The molecule has 4 heteroatoms. The number of hydrogen-bond acceptors (Lipinski definition) is 2. The van der Waals surface area contributed by atoms with Crippen molar-refractivity contribution in [2.75, 3.05) is 13.1 Å². The summed E-state index contributed by atoms with van der Waals surface area (Å²) in [5.41, 5.74) is 2.11. The molecule has 0 unspecified atom stereocenters. The maximum atomic E-state index is 12.6. The fourth-order valence-corrected chi connectivity index (χ4v) is 3.02. The van der Waals surface area contributed by atoms with Crippen molar-refractivity contribution < 1.29 is 8.42 Å². The summed E-state index contributed by atoms with van der Waals surface area (Å²) < 4.78 is 26.6. The van der Waals surface area contributed by atoms with Crippen LogP contribution in [0.1, 0.15) is 25.8 Å². The smallest absolute Gasteiger partial charge is 0.207 e. The van der Waals surface area contributed by atoms with Crippen LogP contribution in [-0.4, -0.2) is 25.8 Å². The van der Waals surface area contributed by atoms with E-state index in [4.69, 9.17) is 6.42 Å². The monoisotopic (exact) mass is 291 g/mol. The van der Waals surface area contributed by atoms with Crippen LogP contribution in [0.15, 0.2) is 40.8 Å². The van der Waals surface area contributed by atoms with E-state index in [2.05, 4.69) is 5.92 Å². The number of aryl methyl sites for hydroxylation is 1. The van der Waals surface area contributed by atoms with Gasteiger partial charge in [-0.15, -0.1) is 12.3 Å². The van der Waals surface area contributed by atoms with Crippen molar-refractivity contribution >= 4 is 10.0 Å². The van der Waals surface area contributed by atoms with Gasteiger partial charge in [-0.25, -0.2) is 8.42 Å². The standard InChI is InChI=1S/C16H21NO2S/c1-5-6-12-17(13-11-14(2)3)20(18,19)16-9-7-15(4)8-10-16/h1,7-11H,6,12-13H2,2-4H3. The first kappa shape index (κ1) is 16.5. The summed E-state index contributed by atoms with van der Waals surface area (Å²) >= 11 is 0. The summed E-state index contributed by atoms with van der Waals surface area (Å²) in [6.45, 7) is 6.49. The number of rotatable bonds is 6. The first-order valence-corrected chi connectivity index (χ1v) is 7.95. The van der Waals surface area contributed by atoms with Crippen molar-refractivity contribution in [1.82, 2.24) is 4.31 Å². The Morgan fingerprint density at radius 3 is 2.40 bits per heavy atom. The Balaban J connectivity index is 3.06. The molecule has 0 radical (unpaired) electrons. The van der Waals surface area contributed by atoms with Crippen molar-refractivity contribution in [1.29, 1.82) is 0 Å². The van der Waals surface area contributed by atoms with E-state index in [-0.39, 0.29) is 0 Å². The van der Waals surface area contributed by atoms with Gasteiger partial charge in [0.15, 0.2) is 0 Å². The van der Waals surface area contributed by atoms with Gasteiger partial charge in [0, 0.05) is 19.5 Å². The van der Waals surface area contributed by atoms with Crippen LogP contribution in [0.4, 0.5) is 0 Å². The Morgan fingerprint density at radius 2 is 1.90 bits per heavy atom. The largest absolute Gasteiger partial charge is 0.243 e. The van der Waals surface area contributed by atoms with Gasteiger partial charge < -0.3 is 0 Å². The fraction of sp³-hybridized carbons (Fsp3) is 0.375. The topological polar surface area (TPSA) is 37.4 Å². The fourth-order valence-electron chi connectivity index (χ4n) is 1.64. The van der Waals surface area contributed by atoms with Crippen LogP contribution in [0, 0.1) is 19.3 Å². The molecule has 108 valence electrons. The summed E-state index contributed by atoms with van der Waals surface area (Å²) in [6, 6.07) is 6.87. The number of terminal acetylenes is 1. The molecule has 0 bridgehead atoms. The van der Waals surface area contributed by atoms with Crippen LogP contribution in [-0.2, 0) is 10.0 Å². The average Bonchev–Trinajstić information content (AvgIpc) is 2.38. The van der Waals surface area contributed by atoms with Crippen molar-refractivity contribution in [3.63, 3.8) is 0 Å². The van der Waals surface area contributed by atoms with E-state index >= 15 is 0 Å². The Bertz CT molecular complexity index is 603. The lowest BCUT2D eigenvalue weighted by molar-refractivity contribution is 0.449. The minimum atomic E-state index is -3.49. The number of allylic oxidation sites excluding steroid dienone is 1. The van der Waals surface area contributed by atoms with Gasteiger partial charge in [-0.3, -0.25) is 0 Å². The highest BCUT2D eigenvalue weighted by molar-refractivity contribution is 7.89. The highest BCUT2D eigenvalue weighted by atomic mass is 32.2. The zero-order chi connectivity index (χ0) is 15.2. The van der Waals surface area contributed by atoms with E-state index in [0.29, 0.717) is 24.4 Å². The second-order valence-corrected chi connectivity index (χ2v) is 6.85. The summed E-state index contributed by atoms with van der Waals surface area (Å²) in [7, 11) is -3.49. The van der Waals surface area contributed by atoms with Gasteiger partial charge in [0.05, 0.1) is 4.90 Å². The highest BCUT2D eigenvalue weighted by Crippen LogP contribution is 2.17. The maximum Gasteiger partial charge on any atom is 0.243 e. The molecule has 0 atom stereocenters. The zero-order valence-corrected chi connectivity index (χ0v) is 13.1. The molecule has 0 saturated carbocycles. The van der Waals surface area contributed by atoms with E-state index in [9.17, 15) is 8.42 Å². The molecule has 1 rings (SSSR count). The molecule has 0 aromatic heterocycles. The molecule has 0 aliphatic heterocycles. The third kappa shape index (κ3) is 4.52. The van der Waals surface area contributed by atoms with Crippen molar-refractivity contribution in [2.24, 2.45) is 0 Å². The van der Waals surface area contributed by atoms with E-state index in [1.165, 1.54) is 4.31 Å². The predicted octanol–water partition coefficient (Wildman–Crippen LogP) is 2.98. The van der Waals surface area contributed by atoms with Crippen LogP contribution in [0.5, 0.6) is 0 Å². The van der Waals surface area contributed by atoms with E-state index in [1.54, 1.807) is 24.3 Å². The van der Waals surface area contributed by atoms with Crippen LogP contribution in [0.3, 0.4) is 0 Å². The van der Waals surface area contributed by atoms with Gasteiger partial charge in [0.25, 0.3) is 0 Å². The quantitative estimate of drug-likeness (QED) is 0.597. The normalized spacial score (nSPS) is 11.2. The third-order valence-corrected chi connectivity index (χ3v) is 4.75.